The molecule has 8 nitrogen and oxygen atoms in total. The van der Waals surface area contributed by atoms with Crippen molar-refractivity contribution in [3.63, 3.8) is 0 Å². The van der Waals surface area contributed by atoms with Crippen LogP contribution in [0.15, 0.2) is 75.0 Å². The lowest BCUT2D eigenvalue weighted by Crippen LogP contribution is -2.33. The Morgan fingerprint density at radius 3 is 2.51 bits per heavy atom. The Labute approximate surface area is 279 Å². The summed E-state index contributed by atoms with van der Waals surface area (Å²) in [4.78, 5) is 56.3. The molecule has 1 aromatic heterocycles. The third kappa shape index (κ3) is 6.01. The number of H-pyrrole nitrogens is 1. The first-order chi connectivity index (χ1) is 21.3. The number of nitrogens with one attached hydrogen (secondary N) is 2. The summed E-state index contributed by atoms with van der Waals surface area (Å²) in [6.07, 6.45) is -4.83. The molecule has 0 bridgehead atoms. The number of thiazole rings is 1. The summed E-state index contributed by atoms with van der Waals surface area (Å²) < 4.78 is 48.3. The number of para-hydroxylation sites is 1. The molecule has 0 spiro atoms. The van der Waals surface area contributed by atoms with E-state index in [1.165, 1.54) is 24.3 Å². The summed E-state index contributed by atoms with van der Waals surface area (Å²) in [5.41, 5.74) is -0.979. The van der Waals surface area contributed by atoms with Crippen LogP contribution in [-0.2, 0) is 20.6 Å². The zero-order valence-corrected chi connectivity index (χ0v) is 27.0. The molecule has 0 radical (unpaired) electrons. The maximum absolute atomic E-state index is 14.1. The Morgan fingerprint density at radius 2 is 1.78 bits per heavy atom. The number of hydrogen-bond donors (Lipinski definition) is 2. The van der Waals surface area contributed by atoms with Crippen LogP contribution in [-0.4, -0.2) is 34.6 Å². The maximum Gasteiger partial charge on any atom is 0.418 e. The number of aromatic nitrogens is 1. The Kier molecular flexibility index (Phi) is 8.54. The molecule has 2 aliphatic heterocycles. The van der Waals surface area contributed by atoms with Crippen molar-refractivity contribution in [2.24, 2.45) is 5.92 Å². The third-order valence-electron chi connectivity index (χ3n) is 7.14. The van der Waals surface area contributed by atoms with Gasteiger partial charge in [0.2, 0.25) is 11.8 Å². The monoisotopic (exact) mass is 757 g/mol. The van der Waals surface area contributed by atoms with Crippen LogP contribution in [0.1, 0.15) is 21.9 Å². The van der Waals surface area contributed by atoms with Crippen molar-refractivity contribution >= 4 is 91.3 Å². The lowest BCUT2D eigenvalue weighted by Gasteiger charge is -2.31. The van der Waals surface area contributed by atoms with E-state index in [4.69, 9.17) is 27.9 Å². The zero-order chi connectivity index (χ0) is 32.2. The summed E-state index contributed by atoms with van der Waals surface area (Å²) in [6, 6.07) is 13.7. The molecule has 2 N–H and O–H groups in total. The molecule has 0 aliphatic carbocycles. The number of amides is 3. The second kappa shape index (κ2) is 12.1. The highest BCUT2D eigenvalue weighted by Crippen LogP contribution is 2.55. The van der Waals surface area contributed by atoms with E-state index in [0.717, 1.165) is 35.2 Å². The summed E-state index contributed by atoms with van der Waals surface area (Å²) >= 11 is 17.1. The second-order valence-electron chi connectivity index (χ2n) is 9.92. The highest BCUT2D eigenvalue weighted by molar-refractivity contribution is 9.10. The third-order valence-corrected chi connectivity index (χ3v) is 10.8. The van der Waals surface area contributed by atoms with Crippen molar-refractivity contribution in [3.8, 4) is 5.75 Å². The number of halogens is 6. The van der Waals surface area contributed by atoms with Gasteiger partial charge in [-0.15, -0.1) is 0 Å². The van der Waals surface area contributed by atoms with Crippen LogP contribution in [0.4, 0.5) is 24.5 Å². The van der Waals surface area contributed by atoms with Gasteiger partial charge >= 0.3 is 11.0 Å². The molecule has 3 atom stereocenters. The van der Waals surface area contributed by atoms with Gasteiger partial charge in [0.25, 0.3) is 5.91 Å². The van der Waals surface area contributed by atoms with Gasteiger partial charge in [0.05, 0.1) is 32.2 Å². The first-order valence-corrected chi connectivity index (χ1v) is 16.2. The fourth-order valence-corrected chi connectivity index (χ4v) is 8.49. The standard InChI is InChI=1S/C29H17BrCl2F3N3O5S2/c30-12-5-8-19(43-11-20(39)36-13-6-7-16(31)17(32)10-13)14(9-12)21-22-24(44-25-23(21)45-28(42)37-25)27(41)38(26(22)40)18-4-2-1-3-15(18)29(33,34)35/h1-10,21-22,24H,11H2,(H,36,39)(H,37,42). The lowest BCUT2D eigenvalue weighted by molar-refractivity contribution is -0.137. The summed E-state index contributed by atoms with van der Waals surface area (Å²) in [7, 11) is 0. The van der Waals surface area contributed by atoms with Crippen LogP contribution >= 0.6 is 62.2 Å². The molecule has 16 heteroatoms. The minimum atomic E-state index is -4.83. The molecule has 3 aromatic carbocycles. The summed E-state index contributed by atoms with van der Waals surface area (Å²) in [5.74, 6) is -4.24. The Morgan fingerprint density at radius 1 is 1.02 bits per heavy atom. The van der Waals surface area contributed by atoms with E-state index in [-0.39, 0.29) is 10.8 Å². The predicted octanol–water partition coefficient (Wildman–Crippen LogP) is 7.34. The van der Waals surface area contributed by atoms with Crippen LogP contribution in [0.25, 0.3) is 0 Å². The molecule has 1 fully saturated rings. The molecular weight excluding hydrogens is 742 g/mol. The van der Waals surface area contributed by atoms with Crippen molar-refractivity contribution in [2.75, 3.05) is 16.8 Å². The fourth-order valence-electron chi connectivity index (χ4n) is 5.31. The zero-order valence-electron chi connectivity index (χ0n) is 22.3. The van der Waals surface area contributed by atoms with E-state index in [0.29, 0.717) is 35.5 Å². The van der Waals surface area contributed by atoms with Crippen molar-refractivity contribution in [3.05, 3.63) is 101 Å². The average molecular weight is 759 g/mol. The predicted molar refractivity (Wildman–Crippen MR) is 169 cm³/mol. The van der Waals surface area contributed by atoms with E-state index in [9.17, 15) is 32.3 Å². The first kappa shape index (κ1) is 31.7. The van der Waals surface area contributed by atoms with Gasteiger partial charge in [0.1, 0.15) is 11.0 Å². The normalized spacial score (nSPS) is 19.3. The number of aromatic amines is 1. The number of thioether (sulfide) groups is 1. The molecule has 3 heterocycles. The topological polar surface area (TPSA) is 109 Å². The van der Waals surface area contributed by atoms with Crippen molar-refractivity contribution in [2.45, 2.75) is 22.4 Å². The number of benzene rings is 3. The SMILES string of the molecule is O=C(COc1ccc(Br)cc1C1c2sc(=O)[nH]c2SC2C(=O)N(c3ccccc3C(F)(F)F)C(=O)C21)Nc1ccc(Cl)c(Cl)c1. The number of alkyl halides is 3. The molecule has 3 unspecified atom stereocenters. The smallest absolute Gasteiger partial charge is 0.418 e. The largest absolute Gasteiger partial charge is 0.483 e. The Bertz CT molecular complexity index is 1940. The number of ether oxygens (including phenoxy) is 1. The number of rotatable bonds is 6. The van der Waals surface area contributed by atoms with Gasteiger partial charge in [-0.3, -0.25) is 19.2 Å². The van der Waals surface area contributed by atoms with Gasteiger partial charge in [-0.2, -0.15) is 13.2 Å². The molecule has 232 valence electrons. The number of fused-ring (bicyclic) bond motifs is 2. The van der Waals surface area contributed by atoms with Gasteiger partial charge in [-0.05, 0) is 48.5 Å². The second-order valence-corrected chi connectivity index (χ2v) is 13.8. The quantitative estimate of drug-likeness (QED) is 0.200. The van der Waals surface area contributed by atoms with E-state index in [2.05, 4.69) is 26.2 Å². The molecule has 2 aliphatic rings. The van der Waals surface area contributed by atoms with Crippen molar-refractivity contribution in [1.29, 1.82) is 0 Å². The molecule has 4 aromatic rings. The van der Waals surface area contributed by atoms with E-state index in [1.54, 1.807) is 24.3 Å². The van der Waals surface area contributed by atoms with Crippen LogP contribution in [0.5, 0.6) is 5.75 Å². The van der Waals surface area contributed by atoms with Gasteiger partial charge in [-0.1, -0.05) is 74.4 Å². The van der Waals surface area contributed by atoms with E-state index in [1.807, 2.05) is 0 Å². The molecule has 3 amide bonds. The van der Waals surface area contributed by atoms with Crippen molar-refractivity contribution < 1.29 is 32.3 Å². The molecular formula is C29H17BrCl2F3N3O5S2. The molecule has 6 rings (SSSR count). The van der Waals surface area contributed by atoms with Crippen LogP contribution in [0, 0.1) is 5.92 Å². The minimum Gasteiger partial charge on any atom is -0.483 e. The maximum atomic E-state index is 14.1. The highest BCUT2D eigenvalue weighted by Gasteiger charge is 2.57. The van der Waals surface area contributed by atoms with Gasteiger partial charge in [0, 0.05) is 26.5 Å². The van der Waals surface area contributed by atoms with Gasteiger partial charge in [0.15, 0.2) is 6.61 Å². The van der Waals surface area contributed by atoms with Crippen molar-refractivity contribution in [1.82, 2.24) is 4.98 Å². The number of imide groups is 1. The Hall–Kier alpha value is -3.30. The molecule has 45 heavy (non-hydrogen) atoms. The number of nitrogens with zero attached hydrogens (tertiary/aromatic N) is 1. The Balaban J connectivity index is 1.38. The number of carbonyl (C=O) groups is 3. The number of carbonyl (C=O) groups excluding carboxylic acids is 3. The first-order valence-electron chi connectivity index (χ1n) is 12.9. The van der Waals surface area contributed by atoms with Crippen LogP contribution in [0.2, 0.25) is 10.0 Å². The van der Waals surface area contributed by atoms with Crippen LogP contribution in [0.3, 0.4) is 0 Å². The fraction of sp³-hybridized carbons (Fsp3) is 0.172. The average Bonchev–Trinajstić information content (AvgIpc) is 3.47. The number of anilines is 2. The van der Waals surface area contributed by atoms with Gasteiger partial charge < -0.3 is 15.0 Å². The minimum absolute atomic E-state index is 0.166. The summed E-state index contributed by atoms with van der Waals surface area (Å²) in [5, 5.41) is 2.36. The summed E-state index contributed by atoms with van der Waals surface area (Å²) in [6.45, 7) is -0.474. The van der Waals surface area contributed by atoms with E-state index < -0.39 is 63.7 Å². The molecule has 1 saturated heterocycles. The van der Waals surface area contributed by atoms with Gasteiger partial charge in [-0.25, -0.2) is 4.90 Å². The molecule has 0 saturated carbocycles. The highest BCUT2D eigenvalue weighted by atomic mass is 79.9. The lowest BCUT2D eigenvalue weighted by atomic mass is 9.82. The number of hydrogen-bond acceptors (Lipinski definition) is 7. The van der Waals surface area contributed by atoms with E-state index >= 15 is 0 Å². The van der Waals surface area contributed by atoms with Crippen LogP contribution < -0.4 is 19.8 Å².